The van der Waals surface area contributed by atoms with Crippen LogP contribution < -0.4 is 10.6 Å². The average Bonchev–Trinajstić information content (AvgIpc) is 3.14. The molecular formula is C43H62N4O9. The molecule has 308 valence electrons. The smallest absolute Gasteiger partial charge is 0.410 e. The molecule has 0 saturated carbocycles. The summed E-state index contributed by atoms with van der Waals surface area (Å²) in [5.74, 6) is -2.60. The SMILES string of the molecule is CCN(CC(=O)N[C@@H](CC(=O)OCc1ccccc1)C(=O)N[C@@H](CC(C)(C)C)C(=O)OCc1ccccc1)C(=O)CCCC1CCN(C(=O)OC(C)(C)C)CC1. The molecule has 1 aliphatic heterocycles. The van der Waals surface area contributed by atoms with Crippen LogP contribution in [0.1, 0.15) is 105 Å². The number of nitrogens with one attached hydrogen (secondary N) is 2. The van der Waals surface area contributed by atoms with Crippen LogP contribution in [0.15, 0.2) is 60.7 Å². The number of ether oxygens (including phenoxy) is 3. The lowest BCUT2D eigenvalue weighted by Crippen LogP contribution is -2.54. The molecule has 1 fully saturated rings. The fourth-order valence-corrected chi connectivity index (χ4v) is 6.30. The van der Waals surface area contributed by atoms with Gasteiger partial charge in [-0.25, -0.2) is 9.59 Å². The standard InChI is InChI=1S/C43H62N4O9/c1-8-46(37(49)21-15-20-31-22-24-47(25-23-31)41(53)56-43(5,6)7)28-36(48)44-34(26-38(50)54-29-32-16-11-9-12-17-32)39(51)45-35(27-42(2,3)4)40(52)55-30-33-18-13-10-14-19-33/h9-14,16-19,31,34-35H,8,15,20-30H2,1-7H3,(H,44,48)(H,45,51)/t34-,35-/m0/s1. The molecule has 0 radical (unpaired) electrons. The topological polar surface area (TPSA) is 161 Å². The highest BCUT2D eigenvalue weighted by Gasteiger charge is 2.33. The van der Waals surface area contributed by atoms with Crippen LogP contribution in [0.3, 0.4) is 0 Å². The second-order valence-electron chi connectivity index (χ2n) is 16.6. The van der Waals surface area contributed by atoms with Crippen molar-refractivity contribution in [3.63, 3.8) is 0 Å². The van der Waals surface area contributed by atoms with Gasteiger partial charge in [-0.15, -0.1) is 0 Å². The summed E-state index contributed by atoms with van der Waals surface area (Å²) in [6.07, 6.45) is 2.75. The summed E-state index contributed by atoms with van der Waals surface area (Å²) in [5, 5.41) is 5.34. The normalized spacial score (nSPS) is 14.5. The number of amides is 4. The molecule has 13 heteroatoms. The number of rotatable bonds is 18. The highest BCUT2D eigenvalue weighted by atomic mass is 16.6. The molecule has 0 aliphatic carbocycles. The van der Waals surface area contributed by atoms with E-state index >= 15 is 0 Å². The first-order chi connectivity index (χ1) is 26.4. The number of likely N-dealkylation sites (tertiary alicyclic amines) is 1. The quantitative estimate of drug-likeness (QED) is 0.138. The van der Waals surface area contributed by atoms with Gasteiger partial charge in [0, 0.05) is 26.1 Å². The minimum atomic E-state index is -1.39. The van der Waals surface area contributed by atoms with Crippen LogP contribution in [0.25, 0.3) is 0 Å². The summed E-state index contributed by atoms with van der Waals surface area (Å²) in [6, 6.07) is 15.7. The van der Waals surface area contributed by atoms with E-state index in [1.807, 2.05) is 90.1 Å². The third-order valence-corrected chi connectivity index (χ3v) is 9.24. The van der Waals surface area contributed by atoms with Gasteiger partial charge in [0.05, 0.1) is 13.0 Å². The van der Waals surface area contributed by atoms with E-state index in [2.05, 4.69) is 10.6 Å². The fourth-order valence-electron chi connectivity index (χ4n) is 6.30. The van der Waals surface area contributed by atoms with E-state index in [1.54, 1.807) is 24.0 Å². The first kappa shape index (κ1) is 45.4. The zero-order valence-corrected chi connectivity index (χ0v) is 34.3. The van der Waals surface area contributed by atoms with E-state index in [4.69, 9.17) is 14.2 Å². The van der Waals surface area contributed by atoms with E-state index in [9.17, 15) is 28.8 Å². The lowest BCUT2D eigenvalue weighted by Gasteiger charge is -2.33. The molecule has 56 heavy (non-hydrogen) atoms. The number of nitrogens with zero attached hydrogens (tertiary/aromatic N) is 2. The van der Waals surface area contributed by atoms with Crippen LogP contribution in [-0.2, 0) is 51.4 Å². The van der Waals surface area contributed by atoms with Crippen molar-refractivity contribution < 1.29 is 43.0 Å². The number of esters is 2. The maximum Gasteiger partial charge on any atom is 0.410 e. The Kier molecular flexibility index (Phi) is 17.8. The molecule has 1 saturated heterocycles. The molecule has 1 aliphatic rings. The third kappa shape index (κ3) is 17.2. The second-order valence-corrected chi connectivity index (χ2v) is 16.6. The number of hydrogen-bond acceptors (Lipinski definition) is 9. The minimum Gasteiger partial charge on any atom is -0.461 e. The number of carbonyl (C=O) groups is 6. The van der Waals surface area contributed by atoms with Crippen molar-refractivity contribution in [1.82, 2.24) is 20.4 Å². The minimum absolute atomic E-state index is 0.0103. The van der Waals surface area contributed by atoms with Gasteiger partial charge in [-0.05, 0) is 82.3 Å². The predicted octanol–water partition coefficient (Wildman–Crippen LogP) is 5.94. The van der Waals surface area contributed by atoms with E-state index < -0.39 is 53.3 Å². The number of likely N-dealkylation sites (N-methyl/N-ethyl adjacent to an activating group) is 1. The lowest BCUT2D eigenvalue weighted by molar-refractivity contribution is -0.151. The van der Waals surface area contributed by atoms with Crippen molar-refractivity contribution in [3.8, 4) is 0 Å². The Labute approximate surface area is 332 Å². The van der Waals surface area contributed by atoms with Crippen LogP contribution in [0.2, 0.25) is 0 Å². The van der Waals surface area contributed by atoms with Gasteiger partial charge < -0.3 is 34.6 Å². The van der Waals surface area contributed by atoms with Gasteiger partial charge in [-0.3, -0.25) is 19.2 Å². The molecule has 1 heterocycles. The summed E-state index contributed by atoms with van der Waals surface area (Å²) in [5.41, 5.74) is 0.590. The van der Waals surface area contributed by atoms with Crippen LogP contribution in [0.4, 0.5) is 4.79 Å². The van der Waals surface area contributed by atoms with Crippen LogP contribution >= 0.6 is 0 Å². The molecule has 0 bridgehead atoms. The van der Waals surface area contributed by atoms with Gasteiger partial charge >= 0.3 is 18.0 Å². The van der Waals surface area contributed by atoms with Gasteiger partial charge in [0.2, 0.25) is 17.7 Å². The number of benzene rings is 2. The molecule has 0 unspecified atom stereocenters. The van der Waals surface area contributed by atoms with Gasteiger partial charge in [-0.2, -0.15) is 0 Å². The molecule has 0 spiro atoms. The molecule has 3 rings (SSSR count). The molecular weight excluding hydrogens is 716 g/mol. The number of carbonyl (C=O) groups excluding carboxylic acids is 6. The van der Waals surface area contributed by atoms with Crippen molar-refractivity contribution in [2.75, 3.05) is 26.2 Å². The molecule has 2 atom stereocenters. The summed E-state index contributed by atoms with van der Waals surface area (Å²) in [6.45, 7) is 14.2. The van der Waals surface area contributed by atoms with Gasteiger partial charge in [0.1, 0.15) is 30.9 Å². The van der Waals surface area contributed by atoms with Gasteiger partial charge in [-0.1, -0.05) is 81.4 Å². The van der Waals surface area contributed by atoms with Crippen molar-refractivity contribution >= 4 is 35.8 Å². The fraction of sp³-hybridized carbons (Fsp3) is 0.581. The Hall–Kier alpha value is -4.94. The largest absolute Gasteiger partial charge is 0.461 e. The summed E-state index contributed by atoms with van der Waals surface area (Å²) >= 11 is 0. The van der Waals surface area contributed by atoms with E-state index in [-0.39, 0.29) is 51.1 Å². The van der Waals surface area contributed by atoms with Gasteiger partial charge in [0.15, 0.2) is 0 Å². The molecule has 4 amide bonds. The predicted molar refractivity (Wildman–Crippen MR) is 212 cm³/mol. The van der Waals surface area contributed by atoms with Gasteiger partial charge in [0.25, 0.3) is 0 Å². The molecule has 13 nitrogen and oxygen atoms in total. The Balaban J connectivity index is 1.61. The molecule has 2 aromatic carbocycles. The monoisotopic (exact) mass is 778 g/mol. The Morgan fingerprint density at radius 2 is 1.38 bits per heavy atom. The highest BCUT2D eigenvalue weighted by Crippen LogP contribution is 2.25. The van der Waals surface area contributed by atoms with Crippen LogP contribution in [0, 0.1) is 11.3 Å². The first-order valence-corrected chi connectivity index (χ1v) is 19.7. The summed E-state index contributed by atoms with van der Waals surface area (Å²) in [7, 11) is 0. The highest BCUT2D eigenvalue weighted by molar-refractivity contribution is 5.94. The van der Waals surface area contributed by atoms with E-state index in [1.165, 1.54) is 4.90 Å². The Morgan fingerprint density at radius 1 is 0.804 bits per heavy atom. The van der Waals surface area contributed by atoms with Crippen LogP contribution in [0.5, 0.6) is 0 Å². The first-order valence-electron chi connectivity index (χ1n) is 19.7. The lowest BCUT2D eigenvalue weighted by atomic mass is 9.88. The third-order valence-electron chi connectivity index (χ3n) is 9.24. The zero-order chi connectivity index (χ0) is 41.3. The molecule has 0 aromatic heterocycles. The number of hydrogen-bond donors (Lipinski definition) is 2. The summed E-state index contributed by atoms with van der Waals surface area (Å²) < 4.78 is 16.5. The van der Waals surface area contributed by atoms with E-state index in [0.29, 0.717) is 25.4 Å². The maximum absolute atomic E-state index is 13.8. The molecule has 2 aromatic rings. The Bertz CT molecular complexity index is 1580. The van der Waals surface area contributed by atoms with Crippen molar-refractivity contribution in [2.45, 2.75) is 124 Å². The van der Waals surface area contributed by atoms with E-state index in [0.717, 1.165) is 30.4 Å². The maximum atomic E-state index is 13.8. The van der Waals surface area contributed by atoms with Crippen molar-refractivity contribution in [3.05, 3.63) is 71.8 Å². The Morgan fingerprint density at radius 3 is 1.91 bits per heavy atom. The number of piperidine rings is 1. The second kappa shape index (κ2) is 22.0. The average molecular weight is 779 g/mol. The zero-order valence-electron chi connectivity index (χ0n) is 34.3. The van der Waals surface area contributed by atoms with Crippen LogP contribution in [-0.4, -0.2) is 89.4 Å². The summed E-state index contributed by atoms with van der Waals surface area (Å²) in [4.78, 5) is 82.3. The van der Waals surface area contributed by atoms with Crippen molar-refractivity contribution in [2.24, 2.45) is 11.3 Å². The molecule has 2 N–H and O–H groups in total. The van der Waals surface area contributed by atoms with Crippen molar-refractivity contribution in [1.29, 1.82) is 0 Å².